The fourth-order valence-electron chi connectivity index (χ4n) is 9.35. The van der Waals surface area contributed by atoms with Crippen LogP contribution in [0, 0.1) is 23.7 Å². The fraction of sp³-hybridized carbons (Fsp3) is 0.818. The van der Waals surface area contributed by atoms with Crippen LogP contribution in [0.3, 0.4) is 0 Å². The van der Waals surface area contributed by atoms with E-state index in [0.717, 1.165) is 5.56 Å². The molecule has 0 amide bonds. The maximum absolute atomic E-state index is 14.4. The van der Waals surface area contributed by atoms with Gasteiger partial charge in [-0.05, 0) is 80.5 Å². The summed E-state index contributed by atoms with van der Waals surface area (Å²) in [5, 5.41) is 64.0. The molecule has 59 heavy (non-hydrogen) atoms. The summed E-state index contributed by atoms with van der Waals surface area (Å²) in [5.41, 5.74) is -3.52. The molecule has 15 nitrogen and oxygen atoms in total. The molecule has 3 fully saturated rings. The van der Waals surface area contributed by atoms with E-state index in [4.69, 9.17) is 33.3 Å². The SMILES string of the molecule is CC[C@H]1OC(=O)[C@H](C)[C@@H](OC2C[C@@](C)(OC)[C@@H](O)[C@H](C)O2)[C@H](C)[C@@H](O[C@@H]2O[C@H](C)C[C@H](N(C)C)[C@H]2O)C(C)(O)C[C@@H](C)/C(=N\OCc2ccccc2)[C@H](C)[C@@H](O)[C@]1(C)O. The summed E-state index contributed by atoms with van der Waals surface area (Å²) >= 11 is 0. The zero-order valence-corrected chi connectivity index (χ0v) is 37.5. The van der Waals surface area contributed by atoms with Gasteiger partial charge in [0.1, 0.15) is 30.5 Å². The number of aliphatic hydroxyl groups excluding tert-OH is 3. The van der Waals surface area contributed by atoms with Crippen LogP contribution in [0.4, 0.5) is 0 Å². The number of methoxy groups -OCH3 is 1. The predicted molar refractivity (Wildman–Crippen MR) is 220 cm³/mol. The summed E-state index contributed by atoms with van der Waals surface area (Å²) in [6.07, 6.45) is -9.32. The first kappa shape index (κ1) is 49.4. The van der Waals surface area contributed by atoms with Crippen molar-refractivity contribution < 1.29 is 63.6 Å². The molecule has 0 saturated carbocycles. The molecule has 5 N–H and O–H groups in total. The van der Waals surface area contributed by atoms with Crippen molar-refractivity contribution >= 4 is 11.7 Å². The molecular formula is C44H74N2O13. The van der Waals surface area contributed by atoms with Crippen molar-refractivity contribution in [1.82, 2.24) is 4.90 Å². The number of esters is 1. The summed E-state index contributed by atoms with van der Waals surface area (Å²) in [6.45, 7) is 17.3. The average molecular weight is 839 g/mol. The number of aliphatic hydroxyl groups is 5. The first-order chi connectivity index (χ1) is 27.5. The van der Waals surface area contributed by atoms with Crippen molar-refractivity contribution in [2.24, 2.45) is 28.8 Å². The Morgan fingerprint density at radius 1 is 0.898 bits per heavy atom. The molecule has 3 saturated heterocycles. The molecule has 18 atom stereocenters. The summed E-state index contributed by atoms with van der Waals surface area (Å²) < 4.78 is 37.8. The number of oxime groups is 1. The molecule has 0 radical (unpaired) electrons. The zero-order chi connectivity index (χ0) is 44.2. The second-order valence-electron chi connectivity index (χ2n) is 18.3. The molecule has 15 heteroatoms. The fourth-order valence-corrected chi connectivity index (χ4v) is 9.35. The average Bonchev–Trinajstić information content (AvgIpc) is 3.18. The van der Waals surface area contributed by atoms with Gasteiger partial charge in [-0.15, -0.1) is 0 Å². The van der Waals surface area contributed by atoms with Crippen LogP contribution >= 0.6 is 0 Å². The number of ether oxygens (including phenoxy) is 6. The molecule has 2 unspecified atom stereocenters. The highest BCUT2D eigenvalue weighted by molar-refractivity contribution is 5.88. The number of rotatable bonds is 10. The van der Waals surface area contributed by atoms with Gasteiger partial charge in [-0.3, -0.25) is 4.79 Å². The quantitative estimate of drug-likeness (QED) is 0.169. The van der Waals surface area contributed by atoms with E-state index in [0.29, 0.717) is 12.1 Å². The largest absolute Gasteiger partial charge is 0.459 e. The van der Waals surface area contributed by atoms with Crippen molar-refractivity contribution in [1.29, 1.82) is 0 Å². The lowest BCUT2D eigenvalue weighted by Gasteiger charge is -2.49. The summed E-state index contributed by atoms with van der Waals surface area (Å²) in [6, 6.07) is 9.14. The van der Waals surface area contributed by atoms with Crippen LogP contribution in [0.5, 0.6) is 0 Å². The Balaban J connectivity index is 1.87. The van der Waals surface area contributed by atoms with Gasteiger partial charge < -0.3 is 63.7 Å². The number of hydrogen-bond donors (Lipinski definition) is 5. The number of cyclic esters (lactones) is 1. The molecular weight excluding hydrogens is 764 g/mol. The van der Waals surface area contributed by atoms with Crippen LogP contribution in [0.25, 0.3) is 0 Å². The van der Waals surface area contributed by atoms with Gasteiger partial charge in [0.25, 0.3) is 0 Å². The number of carbonyl (C=O) groups excluding carboxylic acids is 1. The van der Waals surface area contributed by atoms with Crippen LogP contribution in [0.1, 0.15) is 100 Å². The van der Waals surface area contributed by atoms with Gasteiger partial charge >= 0.3 is 5.97 Å². The van der Waals surface area contributed by atoms with Crippen molar-refractivity contribution in [3.8, 4) is 0 Å². The van der Waals surface area contributed by atoms with E-state index in [9.17, 15) is 30.3 Å². The van der Waals surface area contributed by atoms with Gasteiger partial charge in [0.2, 0.25) is 0 Å². The molecule has 0 aliphatic carbocycles. The number of benzene rings is 1. The molecule has 1 aromatic rings. The van der Waals surface area contributed by atoms with E-state index in [1.807, 2.05) is 63.2 Å². The predicted octanol–water partition coefficient (Wildman–Crippen LogP) is 3.79. The van der Waals surface area contributed by atoms with Crippen LogP contribution < -0.4 is 0 Å². The third-order valence-corrected chi connectivity index (χ3v) is 13.1. The molecule has 3 heterocycles. The van der Waals surface area contributed by atoms with E-state index < -0.39 is 102 Å². The first-order valence-electron chi connectivity index (χ1n) is 21.2. The lowest BCUT2D eigenvalue weighted by Crippen LogP contribution is -2.61. The summed E-state index contributed by atoms with van der Waals surface area (Å²) in [7, 11) is 5.24. The molecule has 0 bridgehead atoms. The number of likely N-dealkylation sites (N-methyl/N-ethyl adjacent to an activating group) is 1. The molecule has 0 aromatic heterocycles. The maximum Gasteiger partial charge on any atom is 0.311 e. The number of hydrogen-bond acceptors (Lipinski definition) is 15. The number of carbonyl (C=O) groups is 1. The van der Waals surface area contributed by atoms with Crippen LogP contribution in [0.15, 0.2) is 35.5 Å². The highest BCUT2D eigenvalue weighted by Crippen LogP contribution is 2.41. The molecule has 3 aliphatic heterocycles. The lowest BCUT2D eigenvalue weighted by atomic mass is 9.73. The minimum Gasteiger partial charge on any atom is -0.459 e. The van der Waals surface area contributed by atoms with Crippen molar-refractivity contribution in [2.45, 2.75) is 186 Å². The van der Waals surface area contributed by atoms with Crippen LogP contribution in [-0.2, 0) is 44.7 Å². The van der Waals surface area contributed by atoms with Gasteiger partial charge in [0.05, 0.1) is 53.4 Å². The van der Waals surface area contributed by atoms with Gasteiger partial charge in [-0.2, -0.15) is 0 Å². The molecule has 1 aromatic carbocycles. The Labute approximate surface area is 351 Å². The van der Waals surface area contributed by atoms with Gasteiger partial charge in [-0.25, -0.2) is 0 Å². The highest BCUT2D eigenvalue weighted by Gasteiger charge is 2.53. The van der Waals surface area contributed by atoms with E-state index in [1.54, 1.807) is 48.5 Å². The Morgan fingerprint density at radius 2 is 1.54 bits per heavy atom. The van der Waals surface area contributed by atoms with E-state index in [-0.39, 0.29) is 38.0 Å². The molecule has 3 aliphatic rings. The van der Waals surface area contributed by atoms with Gasteiger partial charge in [0.15, 0.2) is 12.6 Å². The van der Waals surface area contributed by atoms with E-state index in [2.05, 4.69) is 5.16 Å². The first-order valence-corrected chi connectivity index (χ1v) is 21.2. The summed E-state index contributed by atoms with van der Waals surface area (Å²) in [5.74, 6) is -4.04. The normalized spacial score (nSPS) is 45.2. The minimum absolute atomic E-state index is 0.00211. The van der Waals surface area contributed by atoms with E-state index in [1.165, 1.54) is 14.0 Å². The van der Waals surface area contributed by atoms with Crippen LogP contribution in [-0.4, -0.2) is 148 Å². The third kappa shape index (κ3) is 11.4. The smallest absolute Gasteiger partial charge is 0.311 e. The second-order valence-corrected chi connectivity index (χ2v) is 18.3. The van der Waals surface area contributed by atoms with Gasteiger partial charge in [-0.1, -0.05) is 63.2 Å². The standard InChI is InChI=1S/C44H74N2O13/c1-14-32-44(10,52)37(48)26(4)34(45-54-23-30-18-16-15-17-19-30)24(2)21-42(8,51)39(59-41-35(47)31(46(11)12)20-25(3)55-41)27(5)36(28(6)40(50)57-32)58-33-22-43(9,53-13)38(49)29(7)56-33/h15-19,24-29,31-33,35-39,41,47-49,51-52H,14,20-23H2,1-13H3/b45-34+/t24-,25-,26+,27+,28-,29+,31+,32-,33?,35-,36+,37-,38+,39-,41+,42?,43-,44-/m1/s1. The minimum atomic E-state index is -1.95. The Morgan fingerprint density at radius 3 is 2.14 bits per heavy atom. The molecule has 0 spiro atoms. The van der Waals surface area contributed by atoms with Crippen LogP contribution in [0.2, 0.25) is 0 Å². The Hall–Kier alpha value is -2.28. The van der Waals surface area contributed by atoms with Crippen molar-refractivity contribution in [2.75, 3.05) is 21.2 Å². The van der Waals surface area contributed by atoms with Gasteiger partial charge in [0, 0.05) is 37.3 Å². The Kier molecular flexibility index (Phi) is 17.0. The van der Waals surface area contributed by atoms with Crippen molar-refractivity contribution in [3.05, 3.63) is 35.9 Å². The molecule has 4 rings (SSSR count). The summed E-state index contributed by atoms with van der Waals surface area (Å²) in [4.78, 5) is 22.2. The third-order valence-electron chi connectivity index (χ3n) is 13.1. The monoisotopic (exact) mass is 839 g/mol. The number of nitrogens with zero attached hydrogens (tertiary/aromatic N) is 2. The zero-order valence-electron chi connectivity index (χ0n) is 37.5. The topological polar surface area (TPSA) is 198 Å². The maximum atomic E-state index is 14.4. The van der Waals surface area contributed by atoms with Crippen molar-refractivity contribution in [3.63, 3.8) is 0 Å². The lowest BCUT2D eigenvalue weighted by molar-refractivity contribution is -0.317. The van der Waals surface area contributed by atoms with E-state index >= 15 is 0 Å². The molecule has 338 valence electrons. The highest BCUT2D eigenvalue weighted by atomic mass is 16.7. The second kappa shape index (κ2) is 20.3. The Bertz CT molecular complexity index is 1510.